The summed E-state index contributed by atoms with van der Waals surface area (Å²) >= 11 is 7.17. The quantitative estimate of drug-likeness (QED) is 0.589. The van der Waals surface area contributed by atoms with Crippen molar-refractivity contribution in [1.82, 2.24) is 4.57 Å². The van der Waals surface area contributed by atoms with Gasteiger partial charge >= 0.3 is 5.97 Å². The Kier molecular flexibility index (Phi) is 6.51. The molecule has 8 heteroatoms. The van der Waals surface area contributed by atoms with E-state index in [4.69, 9.17) is 16.3 Å². The molecule has 2 aromatic heterocycles. The lowest BCUT2D eigenvalue weighted by molar-refractivity contribution is -0.116. The lowest BCUT2D eigenvalue weighted by atomic mass is 10.0. The first-order chi connectivity index (χ1) is 13.9. The largest absolute Gasteiger partial charge is 0.462 e. The highest BCUT2D eigenvalue weighted by atomic mass is 35.5. The van der Waals surface area contributed by atoms with E-state index in [-0.39, 0.29) is 24.3 Å². The molecule has 0 aliphatic rings. The fraction of sp³-hybridized carbons (Fsp3) is 0.190. The predicted octanol–water partition coefficient (Wildman–Crippen LogP) is 4.35. The molecule has 0 saturated heterocycles. The first-order valence-corrected chi connectivity index (χ1v) is 10.2. The average molecular weight is 431 g/mol. The number of hydrogen-bond donors (Lipinski definition) is 1. The van der Waals surface area contributed by atoms with Gasteiger partial charge in [0.15, 0.2) is 0 Å². The number of aryl methyl sites for hydroxylation is 1. The molecule has 0 saturated carbocycles. The molecular weight excluding hydrogens is 412 g/mol. The third kappa shape index (κ3) is 4.93. The molecule has 1 amide bonds. The smallest absolute Gasteiger partial charge is 0.341 e. The minimum atomic E-state index is -0.526. The summed E-state index contributed by atoms with van der Waals surface area (Å²) in [7, 11) is 0. The number of nitrogens with one attached hydrogen (secondary N) is 1. The van der Waals surface area contributed by atoms with Crippen LogP contribution in [0.4, 0.5) is 5.00 Å². The molecule has 3 aromatic rings. The van der Waals surface area contributed by atoms with Gasteiger partial charge in [-0.25, -0.2) is 4.79 Å². The van der Waals surface area contributed by atoms with E-state index >= 15 is 0 Å². The second kappa shape index (κ2) is 9.07. The summed E-state index contributed by atoms with van der Waals surface area (Å²) in [4.78, 5) is 37.0. The number of anilines is 1. The monoisotopic (exact) mass is 430 g/mol. The number of carbonyl (C=O) groups excluding carboxylic acids is 2. The molecule has 0 fully saturated rings. The highest BCUT2D eigenvalue weighted by Gasteiger charge is 2.23. The zero-order chi connectivity index (χ0) is 21.0. The normalized spacial score (nSPS) is 10.6. The number of amides is 1. The lowest BCUT2D eigenvalue weighted by Gasteiger charge is -2.10. The minimum Gasteiger partial charge on any atom is -0.462 e. The molecule has 0 unspecified atom stereocenters. The number of ether oxygens (including phenoxy) is 1. The van der Waals surface area contributed by atoms with Gasteiger partial charge in [-0.05, 0) is 37.1 Å². The van der Waals surface area contributed by atoms with Crippen LogP contribution in [0.1, 0.15) is 22.8 Å². The van der Waals surface area contributed by atoms with E-state index in [1.165, 1.54) is 22.0 Å². The Morgan fingerprint density at radius 3 is 2.59 bits per heavy atom. The Bertz CT molecular complexity index is 1100. The van der Waals surface area contributed by atoms with Gasteiger partial charge in [0.25, 0.3) is 5.56 Å². The lowest BCUT2D eigenvalue weighted by Crippen LogP contribution is -2.27. The Morgan fingerprint density at radius 1 is 1.17 bits per heavy atom. The Balaban J connectivity index is 1.91. The van der Waals surface area contributed by atoms with Gasteiger partial charge in [0.1, 0.15) is 17.1 Å². The van der Waals surface area contributed by atoms with Crippen molar-refractivity contribution in [3.63, 3.8) is 0 Å². The van der Waals surface area contributed by atoms with Crippen LogP contribution in [-0.4, -0.2) is 23.1 Å². The molecule has 1 N–H and O–H groups in total. The minimum absolute atomic E-state index is 0.156. The third-order valence-electron chi connectivity index (χ3n) is 4.12. The van der Waals surface area contributed by atoms with Crippen LogP contribution in [0, 0.1) is 6.92 Å². The fourth-order valence-electron chi connectivity index (χ4n) is 2.79. The standard InChI is InChI=1S/C21H19ClN2O4S/c1-3-28-21(27)19-16(14-5-7-15(22)8-6-14)12-29-20(19)23-17(25)11-24-10-13(2)4-9-18(24)26/h4-10,12H,3,11H2,1-2H3,(H,23,25). The molecule has 2 heterocycles. The van der Waals surface area contributed by atoms with E-state index in [1.54, 1.807) is 48.8 Å². The summed E-state index contributed by atoms with van der Waals surface area (Å²) in [5, 5.41) is 5.48. The maximum absolute atomic E-state index is 12.6. The third-order valence-corrected chi connectivity index (χ3v) is 5.27. The number of benzene rings is 1. The van der Waals surface area contributed by atoms with E-state index in [0.29, 0.717) is 15.6 Å². The molecule has 0 bridgehead atoms. The van der Waals surface area contributed by atoms with Crippen LogP contribution in [-0.2, 0) is 16.1 Å². The van der Waals surface area contributed by atoms with Crippen LogP contribution in [0.3, 0.4) is 0 Å². The summed E-state index contributed by atoms with van der Waals surface area (Å²) in [6.45, 7) is 3.61. The van der Waals surface area contributed by atoms with Gasteiger partial charge in [0.2, 0.25) is 5.91 Å². The van der Waals surface area contributed by atoms with E-state index < -0.39 is 11.9 Å². The van der Waals surface area contributed by atoms with Gasteiger partial charge in [0, 0.05) is 28.2 Å². The molecule has 1 aromatic carbocycles. The van der Waals surface area contributed by atoms with Crippen molar-refractivity contribution in [3.8, 4) is 11.1 Å². The molecule has 6 nitrogen and oxygen atoms in total. The van der Waals surface area contributed by atoms with E-state index in [1.807, 2.05) is 6.92 Å². The number of hydrogen-bond acceptors (Lipinski definition) is 5. The number of nitrogens with zero attached hydrogens (tertiary/aromatic N) is 1. The summed E-state index contributed by atoms with van der Waals surface area (Å²) in [6, 6.07) is 10.2. The topological polar surface area (TPSA) is 77.4 Å². The average Bonchev–Trinajstić information content (AvgIpc) is 3.09. The number of halogens is 1. The molecule has 0 aliphatic heterocycles. The number of rotatable bonds is 6. The maximum atomic E-state index is 12.6. The van der Waals surface area contributed by atoms with Crippen molar-refractivity contribution in [1.29, 1.82) is 0 Å². The number of pyridine rings is 1. The summed E-state index contributed by atoms with van der Waals surface area (Å²) in [5.41, 5.74) is 2.30. The molecular formula is C21H19ClN2O4S. The summed E-state index contributed by atoms with van der Waals surface area (Å²) in [6.07, 6.45) is 1.61. The van der Waals surface area contributed by atoms with Crippen LogP contribution in [0.2, 0.25) is 5.02 Å². The molecule has 0 atom stereocenters. The van der Waals surface area contributed by atoms with Crippen molar-refractivity contribution >= 4 is 39.8 Å². The summed E-state index contributed by atoms with van der Waals surface area (Å²) < 4.78 is 6.50. The van der Waals surface area contributed by atoms with Crippen LogP contribution in [0.5, 0.6) is 0 Å². The van der Waals surface area contributed by atoms with Gasteiger partial charge in [-0.1, -0.05) is 29.8 Å². The SMILES string of the molecule is CCOC(=O)c1c(-c2ccc(Cl)cc2)csc1NC(=O)Cn1cc(C)ccc1=O. The molecule has 29 heavy (non-hydrogen) atoms. The zero-order valence-corrected chi connectivity index (χ0v) is 17.5. The Hall–Kier alpha value is -2.90. The number of carbonyl (C=O) groups is 2. The van der Waals surface area contributed by atoms with Gasteiger partial charge in [-0.2, -0.15) is 0 Å². The molecule has 0 aliphatic carbocycles. The van der Waals surface area contributed by atoms with Crippen molar-refractivity contribution in [2.75, 3.05) is 11.9 Å². The van der Waals surface area contributed by atoms with Crippen molar-refractivity contribution in [3.05, 3.63) is 74.5 Å². The van der Waals surface area contributed by atoms with Crippen LogP contribution >= 0.6 is 22.9 Å². The van der Waals surface area contributed by atoms with Gasteiger partial charge in [-0.15, -0.1) is 11.3 Å². The summed E-state index contributed by atoms with van der Waals surface area (Å²) in [5.74, 6) is -0.936. The molecule has 0 spiro atoms. The van der Waals surface area contributed by atoms with Gasteiger partial charge < -0.3 is 14.6 Å². The first kappa shape index (κ1) is 20.8. The second-order valence-electron chi connectivity index (χ2n) is 6.30. The molecule has 3 rings (SSSR count). The second-order valence-corrected chi connectivity index (χ2v) is 7.62. The number of aromatic nitrogens is 1. The van der Waals surface area contributed by atoms with Crippen molar-refractivity contribution in [2.45, 2.75) is 20.4 Å². The zero-order valence-electron chi connectivity index (χ0n) is 15.9. The van der Waals surface area contributed by atoms with Crippen molar-refractivity contribution < 1.29 is 14.3 Å². The van der Waals surface area contributed by atoms with E-state index in [2.05, 4.69) is 5.32 Å². The number of esters is 1. The number of thiophene rings is 1. The van der Waals surface area contributed by atoms with Gasteiger partial charge in [0.05, 0.1) is 6.61 Å². The van der Waals surface area contributed by atoms with Crippen LogP contribution in [0.15, 0.2) is 52.8 Å². The van der Waals surface area contributed by atoms with E-state index in [0.717, 1.165) is 11.1 Å². The molecule has 0 radical (unpaired) electrons. The van der Waals surface area contributed by atoms with E-state index in [9.17, 15) is 14.4 Å². The van der Waals surface area contributed by atoms with Crippen LogP contribution in [0.25, 0.3) is 11.1 Å². The van der Waals surface area contributed by atoms with Crippen LogP contribution < -0.4 is 10.9 Å². The van der Waals surface area contributed by atoms with Gasteiger partial charge in [-0.3, -0.25) is 9.59 Å². The highest BCUT2D eigenvalue weighted by molar-refractivity contribution is 7.15. The maximum Gasteiger partial charge on any atom is 0.341 e. The molecule has 150 valence electrons. The first-order valence-electron chi connectivity index (χ1n) is 8.90. The Labute approximate surface area is 176 Å². The predicted molar refractivity (Wildman–Crippen MR) is 115 cm³/mol. The fourth-order valence-corrected chi connectivity index (χ4v) is 3.89. The van der Waals surface area contributed by atoms with Crippen molar-refractivity contribution in [2.24, 2.45) is 0 Å². The highest BCUT2D eigenvalue weighted by Crippen LogP contribution is 2.36. The Morgan fingerprint density at radius 2 is 1.90 bits per heavy atom.